The van der Waals surface area contributed by atoms with Crippen molar-refractivity contribution in [2.24, 2.45) is 0 Å². The van der Waals surface area contributed by atoms with Crippen LogP contribution in [0.4, 0.5) is 0 Å². The predicted octanol–water partition coefficient (Wildman–Crippen LogP) is 3.46. The highest BCUT2D eigenvalue weighted by Gasteiger charge is 2.22. The number of hydrogen-bond donors (Lipinski definition) is 0. The molecule has 0 heterocycles. The van der Waals surface area contributed by atoms with Crippen molar-refractivity contribution >= 4 is 23.2 Å². The summed E-state index contributed by atoms with van der Waals surface area (Å²) >= 11 is 11.8. The molecule has 0 saturated carbocycles. The maximum Gasteiger partial charge on any atom is 0.140 e. The lowest BCUT2D eigenvalue weighted by atomic mass is 10.0. The molecule has 10 heavy (non-hydrogen) atoms. The Balaban J connectivity index is 2.87. The largest absolute Gasteiger partial charge is 0.140 e. The zero-order chi connectivity index (χ0) is 7.78. The molecule has 0 aromatic rings. The van der Waals surface area contributed by atoms with Gasteiger partial charge in [-0.05, 0) is 25.5 Å². The molecular weight excluding hydrogens is 167 g/mol. The summed E-state index contributed by atoms with van der Waals surface area (Å²) in [7, 11) is 0. The van der Waals surface area contributed by atoms with Gasteiger partial charge in [-0.2, -0.15) is 0 Å². The Morgan fingerprint density at radius 3 is 2.30 bits per heavy atom. The van der Waals surface area contributed by atoms with Crippen LogP contribution in [0.15, 0.2) is 23.3 Å². The van der Waals surface area contributed by atoms with Gasteiger partial charge in [-0.15, -0.1) is 0 Å². The van der Waals surface area contributed by atoms with Crippen LogP contribution in [-0.4, -0.2) is 4.33 Å². The first-order valence-corrected chi connectivity index (χ1v) is 4.01. The molecule has 0 radical (unpaired) electrons. The minimum atomic E-state index is -0.663. The van der Waals surface area contributed by atoms with E-state index in [2.05, 4.69) is 13.0 Å². The lowest BCUT2D eigenvalue weighted by Crippen LogP contribution is -2.11. The molecule has 0 fully saturated rings. The van der Waals surface area contributed by atoms with E-state index in [-0.39, 0.29) is 0 Å². The Morgan fingerprint density at radius 1 is 1.30 bits per heavy atom. The van der Waals surface area contributed by atoms with Gasteiger partial charge in [-0.1, -0.05) is 34.9 Å². The second kappa shape index (κ2) is 2.60. The summed E-state index contributed by atoms with van der Waals surface area (Å²) in [6.07, 6.45) is 4.68. The van der Waals surface area contributed by atoms with Crippen molar-refractivity contribution in [3.63, 3.8) is 0 Å². The first-order valence-electron chi connectivity index (χ1n) is 3.26. The van der Waals surface area contributed by atoms with Gasteiger partial charge in [0.15, 0.2) is 0 Å². The quantitative estimate of drug-likeness (QED) is 0.497. The SMILES string of the molecule is CC1=CCC(Cl)(Cl)C=C1C. The molecule has 0 spiro atoms. The molecule has 56 valence electrons. The Morgan fingerprint density at radius 2 is 1.90 bits per heavy atom. The molecular formula is C8H10Cl2. The zero-order valence-electron chi connectivity index (χ0n) is 6.12. The van der Waals surface area contributed by atoms with Crippen LogP contribution in [0.2, 0.25) is 0 Å². The van der Waals surface area contributed by atoms with Crippen molar-refractivity contribution < 1.29 is 0 Å². The van der Waals surface area contributed by atoms with Gasteiger partial charge in [0, 0.05) is 6.42 Å². The molecule has 1 rings (SSSR count). The third-order valence-electron chi connectivity index (χ3n) is 1.73. The average molecular weight is 177 g/mol. The third-order valence-corrected chi connectivity index (χ3v) is 2.26. The fraction of sp³-hybridized carbons (Fsp3) is 0.500. The van der Waals surface area contributed by atoms with Crippen LogP contribution < -0.4 is 0 Å². The van der Waals surface area contributed by atoms with Crippen molar-refractivity contribution in [3.8, 4) is 0 Å². The van der Waals surface area contributed by atoms with Gasteiger partial charge >= 0.3 is 0 Å². The summed E-state index contributed by atoms with van der Waals surface area (Å²) in [4.78, 5) is 0. The van der Waals surface area contributed by atoms with Crippen LogP contribution >= 0.6 is 23.2 Å². The summed E-state index contributed by atoms with van der Waals surface area (Å²) in [6, 6.07) is 0. The number of hydrogen-bond acceptors (Lipinski definition) is 0. The molecule has 0 bridgehead atoms. The van der Waals surface area contributed by atoms with E-state index < -0.39 is 4.33 Å². The van der Waals surface area contributed by atoms with E-state index in [4.69, 9.17) is 23.2 Å². The lowest BCUT2D eigenvalue weighted by Gasteiger charge is -2.19. The van der Waals surface area contributed by atoms with Gasteiger partial charge in [-0.25, -0.2) is 0 Å². The maximum atomic E-state index is 5.88. The van der Waals surface area contributed by atoms with Gasteiger partial charge < -0.3 is 0 Å². The van der Waals surface area contributed by atoms with E-state index in [1.54, 1.807) is 0 Å². The highest BCUT2D eigenvalue weighted by Crippen LogP contribution is 2.34. The van der Waals surface area contributed by atoms with Crippen molar-refractivity contribution in [1.82, 2.24) is 0 Å². The van der Waals surface area contributed by atoms with Crippen molar-refractivity contribution in [2.75, 3.05) is 0 Å². The highest BCUT2D eigenvalue weighted by molar-refractivity contribution is 6.50. The first kappa shape index (κ1) is 8.16. The molecule has 0 nitrogen and oxygen atoms in total. The molecule has 0 aromatic heterocycles. The second-order valence-electron chi connectivity index (χ2n) is 2.68. The van der Waals surface area contributed by atoms with E-state index in [1.807, 2.05) is 13.0 Å². The first-order chi connectivity index (χ1) is 4.51. The van der Waals surface area contributed by atoms with E-state index in [0.29, 0.717) is 0 Å². The average Bonchev–Trinajstić information content (AvgIpc) is 1.79. The molecule has 0 unspecified atom stereocenters. The molecule has 0 atom stereocenters. The van der Waals surface area contributed by atoms with Gasteiger partial charge in [-0.3, -0.25) is 0 Å². The van der Waals surface area contributed by atoms with Gasteiger partial charge in [0.1, 0.15) is 4.33 Å². The minimum absolute atomic E-state index is 0.663. The Labute approximate surface area is 71.5 Å². The minimum Gasteiger partial charge on any atom is -0.0966 e. The molecule has 0 amide bonds. The van der Waals surface area contributed by atoms with Crippen LogP contribution in [0.5, 0.6) is 0 Å². The Kier molecular flexibility index (Phi) is 2.12. The number of rotatable bonds is 0. The van der Waals surface area contributed by atoms with E-state index in [1.165, 1.54) is 11.1 Å². The zero-order valence-corrected chi connectivity index (χ0v) is 7.63. The maximum absolute atomic E-state index is 5.88. The third kappa shape index (κ3) is 1.77. The van der Waals surface area contributed by atoms with Gasteiger partial charge in [0.2, 0.25) is 0 Å². The van der Waals surface area contributed by atoms with Crippen LogP contribution in [0, 0.1) is 0 Å². The highest BCUT2D eigenvalue weighted by atomic mass is 35.5. The Bertz CT molecular complexity index is 199. The summed E-state index contributed by atoms with van der Waals surface area (Å²) in [5, 5.41) is 0. The predicted molar refractivity (Wildman–Crippen MR) is 46.6 cm³/mol. The van der Waals surface area contributed by atoms with E-state index >= 15 is 0 Å². The number of allylic oxidation sites excluding steroid dienone is 4. The van der Waals surface area contributed by atoms with Gasteiger partial charge in [0.05, 0.1) is 0 Å². The second-order valence-corrected chi connectivity index (χ2v) is 4.22. The lowest BCUT2D eigenvalue weighted by molar-refractivity contribution is 0.927. The van der Waals surface area contributed by atoms with Crippen LogP contribution in [0.25, 0.3) is 0 Å². The summed E-state index contributed by atoms with van der Waals surface area (Å²) in [5.41, 5.74) is 2.45. The molecule has 2 heteroatoms. The fourth-order valence-electron chi connectivity index (χ4n) is 0.940. The molecule has 0 N–H and O–H groups in total. The smallest absolute Gasteiger partial charge is 0.0966 e. The number of halogens is 2. The fourth-order valence-corrected chi connectivity index (χ4v) is 1.42. The molecule has 0 aromatic carbocycles. The molecule has 1 aliphatic rings. The van der Waals surface area contributed by atoms with Crippen molar-refractivity contribution in [1.29, 1.82) is 0 Å². The summed E-state index contributed by atoms with van der Waals surface area (Å²) < 4.78 is -0.663. The topological polar surface area (TPSA) is 0 Å². The normalized spacial score (nSPS) is 23.6. The van der Waals surface area contributed by atoms with Crippen molar-refractivity contribution in [2.45, 2.75) is 24.6 Å². The molecule has 0 saturated heterocycles. The molecule has 1 aliphatic carbocycles. The monoisotopic (exact) mass is 176 g/mol. The van der Waals surface area contributed by atoms with Crippen LogP contribution in [0.1, 0.15) is 20.3 Å². The summed E-state index contributed by atoms with van der Waals surface area (Å²) in [6.45, 7) is 4.08. The van der Waals surface area contributed by atoms with E-state index in [9.17, 15) is 0 Å². The number of alkyl halides is 2. The van der Waals surface area contributed by atoms with Crippen molar-refractivity contribution in [3.05, 3.63) is 23.3 Å². The standard InChI is InChI=1S/C8H10Cl2/c1-6-3-4-8(9,10)5-7(6)2/h3,5H,4H2,1-2H3. The summed E-state index contributed by atoms with van der Waals surface area (Å²) in [5.74, 6) is 0. The Hall–Kier alpha value is 0.0600. The van der Waals surface area contributed by atoms with Crippen LogP contribution in [-0.2, 0) is 0 Å². The van der Waals surface area contributed by atoms with E-state index in [0.717, 1.165) is 6.42 Å². The van der Waals surface area contributed by atoms with Gasteiger partial charge in [0.25, 0.3) is 0 Å². The van der Waals surface area contributed by atoms with Crippen LogP contribution in [0.3, 0.4) is 0 Å². The molecule has 0 aliphatic heterocycles.